The number of aromatic nitrogens is 1. The molecule has 0 bridgehead atoms. The molecule has 25 heavy (non-hydrogen) atoms. The molecule has 0 saturated heterocycles. The van der Waals surface area contributed by atoms with E-state index in [1.807, 2.05) is 31.2 Å². The maximum Gasteiger partial charge on any atom is 0.335 e. The topological polar surface area (TPSA) is 99.5 Å². The van der Waals surface area contributed by atoms with Crippen molar-refractivity contribution in [2.24, 2.45) is 0 Å². The SMILES string of the molecule is Cc1ccc(C(=O)O)cc1Nc1cc(CC(=O)O)nc2ccccc12. The number of pyridine rings is 1. The number of carboxylic acid groups (broad SMARTS) is 2. The van der Waals surface area contributed by atoms with E-state index in [9.17, 15) is 14.7 Å². The number of aliphatic carboxylic acids is 1. The summed E-state index contributed by atoms with van der Waals surface area (Å²) in [7, 11) is 0. The highest BCUT2D eigenvalue weighted by Gasteiger charge is 2.11. The predicted octanol–water partition coefficient (Wildman–Crippen LogP) is 3.61. The first-order chi connectivity index (χ1) is 11.9. The van der Waals surface area contributed by atoms with E-state index >= 15 is 0 Å². The van der Waals surface area contributed by atoms with Crippen molar-refractivity contribution in [1.82, 2.24) is 4.98 Å². The van der Waals surface area contributed by atoms with Crippen LogP contribution in [-0.2, 0) is 11.2 Å². The van der Waals surface area contributed by atoms with Crippen LogP contribution in [-0.4, -0.2) is 27.1 Å². The highest BCUT2D eigenvalue weighted by molar-refractivity contribution is 5.95. The maximum absolute atomic E-state index is 11.2. The molecule has 6 heteroatoms. The molecule has 0 spiro atoms. The summed E-state index contributed by atoms with van der Waals surface area (Å²) in [6.45, 7) is 1.87. The Bertz CT molecular complexity index is 982. The van der Waals surface area contributed by atoms with E-state index in [0.29, 0.717) is 22.6 Å². The molecule has 2 aromatic carbocycles. The first-order valence-corrected chi connectivity index (χ1v) is 7.65. The number of fused-ring (bicyclic) bond motifs is 1. The Hall–Kier alpha value is -3.41. The molecule has 0 amide bonds. The van der Waals surface area contributed by atoms with Crippen molar-refractivity contribution in [2.45, 2.75) is 13.3 Å². The molecule has 0 fully saturated rings. The number of rotatable bonds is 5. The zero-order valence-corrected chi connectivity index (χ0v) is 13.5. The Labute approximate surface area is 143 Å². The van der Waals surface area contributed by atoms with Crippen molar-refractivity contribution in [2.75, 3.05) is 5.32 Å². The van der Waals surface area contributed by atoms with Crippen LogP contribution in [0.2, 0.25) is 0 Å². The summed E-state index contributed by atoms with van der Waals surface area (Å²) in [6, 6.07) is 13.9. The molecule has 0 saturated carbocycles. The lowest BCUT2D eigenvalue weighted by molar-refractivity contribution is -0.136. The summed E-state index contributed by atoms with van der Waals surface area (Å²) in [5.41, 5.74) is 3.50. The van der Waals surface area contributed by atoms with E-state index in [0.717, 1.165) is 10.9 Å². The number of carbonyl (C=O) groups is 2. The van der Waals surface area contributed by atoms with E-state index < -0.39 is 11.9 Å². The predicted molar refractivity (Wildman–Crippen MR) is 94.5 cm³/mol. The molecule has 0 aliphatic carbocycles. The first-order valence-electron chi connectivity index (χ1n) is 7.65. The maximum atomic E-state index is 11.2. The van der Waals surface area contributed by atoms with Gasteiger partial charge in [0.25, 0.3) is 0 Å². The van der Waals surface area contributed by atoms with Gasteiger partial charge in [-0.1, -0.05) is 24.3 Å². The third kappa shape index (κ3) is 3.58. The van der Waals surface area contributed by atoms with Crippen LogP contribution in [0.25, 0.3) is 10.9 Å². The fourth-order valence-corrected chi connectivity index (χ4v) is 2.61. The second-order valence-corrected chi connectivity index (χ2v) is 5.71. The smallest absolute Gasteiger partial charge is 0.335 e. The minimum absolute atomic E-state index is 0.178. The fraction of sp³-hybridized carbons (Fsp3) is 0.105. The molecule has 3 N–H and O–H groups in total. The average Bonchev–Trinajstić information content (AvgIpc) is 2.56. The summed E-state index contributed by atoms with van der Waals surface area (Å²) in [5, 5.41) is 22.3. The van der Waals surface area contributed by atoms with Gasteiger partial charge in [-0.05, 0) is 36.8 Å². The van der Waals surface area contributed by atoms with Crippen LogP contribution < -0.4 is 5.32 Å². The van der Waals surface area contributed by atoms with Gasteiger partial charge in [-0.3, -0.25) is 9.78 Å². The average molecular weight is 336 g/mol. The third-order valence-corrected chi connectivity index (χ3v) is 3.86. The Balaban J connectivity index is 2.10. The lowest BCUT2D eigenvalue weighted by Crippen LogP contribution is -2.05. The molecule has 0 unspecified atom stereocenters. The van der Waals surface area contributed by atoms with E-state index in [2.05, 4.69) is 10.3 Å². The van der Waals surface area contributed by atoms with E-state index in [1.165, 1.54) is 0 Å². The van der Waals surface area contributed by atoms with E-state index in [4.69, 9.17) is 5.11 Å². The van der Waals surface area contributed by atoms with Crippen molar-refractivity contribution < 1.29 is 19.8 Å². The van der Waals surface area contributed by atoms with Crippen molar-refractivity contribution in [3.63, 3.8) is 0 Å². The number of hydrogen-bond acceptors (Lipinski definition) is 4. The van der Waals surface area contributed by atoms with Gasteiger partial charge in [0.15, 0.2) is 0 Å². The third-order valence-electron chi connectivity index (χ3n) is 3.86. The molecule has 1 heterocycles. The molecule has 3 rings (SSSR count). The van der Waals surface area contributed by atoms with Crippen LogP contribution in [0, 0.1) is 6.92 Å². The zero-order valence-electron chi connectivity index (χ0n) is 13.5. The quantitative estimate of drug-likeness (QED) is 0.658. The first kappa shape index (κ1) is 16.4. The molecule has 1 aromatic heterocycles. The Kier molecular flexibility index (Phi) is 4.35. The molecular formula is C19H16N2O4. The van der Waals surface area contributed by atoms with Crippen LogP contribution in [0.4, 0.5) is 11.4 Å². The molecule has 0 atom stereocenters. The fourth-order valence-electron chi connectivity index (χ4n) is 2.61. The molecule has 126 valence electrons. The molecule has 0 aliphatic heterocycles. The van der Waals surface area contributed by atoms with Crippen molar-refractivity contribution in [1.29, 1.82) is 0 Å². The van der Waals surface area contributed by atoms with Crippen LogP contribution in [0.3, 0.4) is 0 Å². The van der Waals surface area contributed by atoms with Gasteiger partial charge in [0.05, 0.1) is 23.2 Å². The Morgan fingerprint density at radius 2 is 1.80 bits per heavy atom. The normalized spacial score (nSPS) is 10.6. The summed E-state index contributed by atoms with van der Waals surface area (Å²) < 4.78 is 0. The van der Waals surface area contributed by atoms with Crippen LogP contribution in [0.5, 0.6) is 0 Å². The van der Waals surface area contributed by atoms with E-state index in [1.54, 1.807) is 24.3 Å². The van der Waals surface area contributed by atoms with Gasteiger partial charge in [-0.2, -0.15) is 0 Å². The number of nitrogens with one attached hydrogen (secondary N) is 1. The number of para-hydroxylation sites is 1. The standard InChI is InChI=1S/C19H16N2O4/c1-11-6-7-12(19(24)25)8-16(11)21-17-9-13(10-18(22)23)20-15-5-3-2-4-14(15)17/h2-9H,10H2,1H3,(H,20,21)(H,22,23)(H,24,25). The second-order valence-electron chi connectivity index (χ2n) is 5.71. The van der Waals surface area contributed by atoms with Crippen LogP contribution >= 0.6 is 0 Å². The minimum atomic E-state index is -1.01. The summed E-state index contributed by atoms with van der Waals surface area (Å²) in [5.74, 6) is -1.97. The monoisotopic (exact) mass is 336 g/mol. The number of aromatic carboxylic acids is 1. The van der Waals surface area contributed by atoms with Crippen molar-refractivity contribution >= 4 is 34.2 Å². The molecular weight excluding hydrogens is 320 g/mol. The molecule has 0 aliphatic rings. The summed E-state index contributed by atoms with van der Waals surface area (Å²) in [4.78, 5) is 26.6. The van der Waals surface area contributed by atoms with Crippen molar-refractivity contribution in [3.8, 4) is 0 Å². The van der Waals surface area contributed by atoms with Gasteiger partial charge < -0.3 is 15.5 Å². The minimum Gasteiger partial charge on any atom is -0.481 e. The van der Waals surface area contributed by atoms with Gasteiger partial charge in [-0.15, -0.1) is 0 Å². The van der Waals surface area contributed by atoms with E-state index in [-0.39, 0.29) is 12.0 Å². The number of benzene rings is 2. The van der Waals surface area contributed by atoms with Gasteiger partial charge in [-0.25, -0.2) is 4.79 Å². The highest BCUT2D eigenvalue weighted by atomic mass is 16.4. The molecule has 3 aromatic rings. The van der Waals surface area contributed by atoms with Gasteiger partial charge in [0.2, 0.25) is 0 Å². The van der Waals surface area contributed by atoms with Gasteiger partial charge in [0, 0.05) is 16.8 Å². The lowest BCUT2D eigenvalue weighted by Gasteiger charge is -2.14. The second kappa shape index (κ2) is 6.60. The van der Waals surface area contributed by atoms with Crippen molar-refractivity contribution in [3.05, 3.63) is 65.4 Å². The zero-order chi connectivity index (χ0) is 18.0. The van der Waals surface area contributed by atoms with Gasteiger partial charge in [0.1, 0.15) is 0 Å². The largest absolute Gasteiger partial charge is 0.481 e. The van der Waals surface area contributed by atoms with Crippen LogP contribution in [0.1, 0.15) is 21.6 Å². The van der Waals surface area contributed by atoms with Gasteiger partial charge >= 0.3 is 11.9 Å². The number of nitrogens with zero attached hydrogens (tertiary/aromatic N) is 1. The Morgan fingerprint density at radius 3 is 2.52 bits per heavy atom. The number of aryl methyl sites for hydroxylation is 1. The molecule has 6 nitrogen and oxygen atoms in total. The Morgan fingerprint density at radius 1 is 1.04 bits per heavy atom. The number of hydrogen-bond donors (Lipinski definition) is 3. The highest BCUT2D eigenvalue weighted by Crippen LogP contribution is 2.28. The number of anilines is 2. The summed E-state index contributed by atoms with van der Waals surface area (Å²) in [6.07, 6.45) is -0.187. The van der Waals surface area contributed by atoms with Crippen LogP contribution in [0.15, 0.2) is 48.5 Å². The summed E-state index contributed by atoms with van der Waals surface area (Å²) >= 11 is 0. The molecule has 0 radical (unpaired) electrons. The lowest BCUT2D eigenvalue weighted by atomic mass is 10.1. The number of carboxylic acids is 2.